The molecular weight excluding hydrogens is 440 g/mol. The van der Waals surface area contributed by atoms with Gasteiger partial charge in [-0.2, -0.15) is 0 Å². The highest BCUT2D eigenvalue weighted by Crippen LogP contribution is 2.35. The SMILES string of the molecule is COCCN1C(=O)/C(=C\c2ccc(-c3cccc(C(=O)O)c3C)o2)SC1=Nc1ccccc1. The quantitative estimate of drug-likeness (QED) is 0.485. The van der Waals surface area contributed by atoms with Crippen LogP contribution >= 0.6 is 11.8 Å². The van der Waals surface area contributed by atoms with Gasteiger partial charge in [0.25, 0.3) is 5.91 Å². The fourth-order valence-electron chi connectivity index (χ4n) is 3.42. The van der Waals surface area contributed by atoms with Crippen molar-refractivity contribution < 1.29 is 23.8 Å². The predicted octanol–water partition coefficient (Wildman–Crippen LogP) is 5.20. The summed E-state index contributed by atoms with van der Waals surface area (Å²) in [5, 5.41) is 9.95. The van der Waals surface area contributed by atoms with Gasteiger partial charge < -0.3 is 14.3 Å². The number of carbonyl (C=O) groups is 2. The van der Waals surface area contributed by atoms with Crippen molar-refractivity contribution in [3.05, 3.63) is 82.5 Å². The topological polar surface area (TPSA) is 92.3 Å². The molecule has 0 saturated carbocycles. The smallest absolute Gasteiger partial charge is 0.335 e. The van der Waals surface area contributed by atoms with Gasteiger partial charge in [0, 0.05) is 18.7 Å². The Hall–Kier alpha value is -3.62. The summed E-state index contributed by atoms with van der Waals surface area (Å²) in [6, 6.07) is 18.0. The predicted molar refractivity (Wildman–Crippen MR) is 129 cm³/mol. The number of nitrogens with zero attached hydrogens (tertiary/aromatic N) is 2. The number of carbonyl (C=O) groups excluding carboxylic acids is 1. The van der Waals surface area contributed by atoms with Crippen LogP contribution in [-0.4, -0.2) is 47.3 Å². The number of amides is 1. The van der Waals surface area contributed by atoms with Crippen LogP contribution in [0.4, 0.5) is 5.69 Å². The van der Waals surface area contributed by atoms with Crippen LogP contribution in [-0.2, 0) is 9.53 Å². The Labute approximate surface area is 195 Å². The molecule has 1 saturated heterocycles. The van der Waals surface area contributed by atoms with Crippen LogP contribution in [0.15, 0.2) is 75.0 Å². The van der Waals surface area contributed by atoms with Crippen molar-refractivity contribution >= 4 is 40.6 Å². The van der Waals surface area contributed by atoms with Crippen LogP contribution < -0.4 is 0 Å². The van der Waals surface area contributed by atoms with Crippen LogP contribution in [0.25, 0.3) is 17.4 Å². The summed E-state index contributed by atoms with van der Waals surface area (Å²) in [4.78, 5) is 31.2. The van der Waals surface area contributed by atoms with Crippen LogP contribution in [0.2, 0.25) is 0 Å². The number of carboxylic acids is 1. The zero-order valence-electron chi connectivity index (χ0n) is 18.1. The van der Waals surface area contributed by atoms with Gasteiger partial charge in [0.15, 0.2) is 5.17 Å². The van der Waals surface area contributed by atoms with Crippen LogP contribution in [0, 0.1) is 6.92 Å². The highest BCUT2D eigenvalue weighted by atomic mass is 32.2. The van der Waals surface area contributed by atoms with E-state index in [2.05, 4.69) is 4.99 Å². The number of aromatic carboxylic acids is 1. The van der Waals surface area contributed by atoms with Crippen molar-refractivity contribution in [3.8, 4) is 11.3 Å². The number of methoxy groups -OCH3 is 1. The summed E-state index contributed by atoms with van der Waals surface area (Å²) in [5.74, 6) is -0.132. The second-order valence-corrected chi connectivity index (χ2v) is 8.28. The number of hydrogen-bond acceptors (Lipinski definition) is 6. The first kappa shape index (κ1) is 22.6. The molecule has 7 nitrogen and oxygen atoms in total. The number of furan rings is 1. The maximum absolute atomic E-state index is 13.1. The van der Waals surface area contributed by atoms with E-state index in [1.807, 2.05) is 36.4 Å². The molecule has 0 aliphatic carbocycles. The number of thioether (sulfide) groups is 1. The van der Waals surface area contributed by atoms with Crippen LogP contribution in [0.3, 0.4) is 0 Å². The van der Waals surface area contributed by atoms with E-state index in [9.17, 15) is 14.7 Å². The summed E-state index contributed by atoms with van der Waals surface area (Å²) in [6.45, 7) is 2.52. The van der Waals surface area contributed by atoms with Crippen LogP contribution in [0.5, 0.6) is 0 Å². The molecule has 0 radical (unpaired) electrons. The van der Waals surface area contributed by atoms with Gasteiger partial charge in [-0.05, 0) is 54.6 Å². The first-order chi connectivity index (χ1) is 16.0. The third-order valence-corrected chi connectivity index (χ3v) is 6.12. The molecular formula is C25H22N2O5S. The summed E-state index contributed by atoms with van der Waals surface area (Å²) < 4.78 is 11.1. The molecule has 8 heteroatoms. The van der Waals surface area contributed by atoms with E-state index in [0.29, 0.717) is 45.9 Å². The number of hydrogen-bond donors (Lipinski definition) is 1. The van der Waals surface area contributed by atoms with E-state index in [-0.39, 0.29) is 11.5 Å². The Morgan fingerprint density at radius 1 is 1.15 bits per heavy atom. The first-order valence-corrected chi connectivity index (χ1v) is 11.1. The van der Waals surface area contributed by atoms with Gasteiger partial charge in [-0.3, -0.25) is 9.69 Å². The molecule has 1 fully saturated rings. The maximum atomic E-state index is 13.1. The van der Waals surface area contributed by atoms with Gasteiger partial charge in [-0.15, -0.1) is 0 Å². The largest absolute Gasteiger partial charge is 0.478 e. The van der Waals surface area contributed by atoms with Gasteiger partial charge in [-0.1, -0.05) is 30.3 Å². The number of para-hydroxylation sites is 1. The molecule has 2 heterocycles. The standard InChI is InChI=1S/C25H22N2O5S/c1-16-19(9-6-10-20(16)24(29)30)21-12-11-18(32-21)15-22-23(28)27(13-14-31-2)25(33-22)26-17-7-4-3-5-8-17/h3-12,15H,13-14H2,1-2H3,(H,29,30)/b22-15+,26-25?. The number of aliphatic imine (C=N–C) groups is 1. The highest BCUT2D eigenvalue weighted by Gasteiger charge is 2.33. The second kappa shape index (κ2) is 9.89. The lowest BCUT2D eigenvalue weighted by molar-refractivity contribution is -0.122. The third kappa shape index (κ3) is 4.92. The molecule has 0 atom stereocenters. The van der Waals surface area contributed by atoms with Crippen molar-refractivity contribution in [1.82, 2.24) is 4.90 Å². The summed E-state index contributed by atoms with van der Waals surface area (Å²) in [6.07, 6.45) is 1.68. The number of amidine groups is 1. The molecule has 1 aliphatic heterocycles. The fourth-order valence-corrected chi connectivity index (χ4v) is 4.43. The Balaban J connectivity index is 1.64. The average molecular weight is 463 g/mol. The molecule has 1 aliphatic rings. The Kier molecular flexibility index (Phi) is 6.76. The molecule has 0 bridgehead atoms. The van der Waals surface area contributed by atoms with E-state index >= 15 is 0 Å². The van der Waals surface area contributed by atoms with E-state index in [0.717, 1.165) is 5.69 Å². The number of carboxylic acid groups (broad SMARTS) is 1. The number of rotatable bonds is 7. The fraction of sp³-hybridized carbons (Fsp3) is 0.160. The monoisotopic (exact) mass is 462 g/mol. The number of benzene rings is 2. The van der Waals surface area contributed by atoms with Crippen molar-refractivity contribution in [1.29, 1.82) is 0 Å². The van der Waals surface area contributed by atoms with Crippen molar-refractivity contribution in [3.63, 3.8) is 0 Å². The van der Waals surface area contributed by atoms with Crippen molar-refractivity contribution in [2.24, 2.45) is 4.99 Å². The van der Waals surface area contributed by atoms with E-state index in [1.165, 1.54) is 11.8 Å². The molecule has 4 rings (SSSR count). The summed E-state index contributed by atoms with van der Waals surface area (Å²) >= 11 is 1.28. The number of ether oxygens (including phenoxy) is 1. The lowest BCUT2D eigenvalue weighted by atomic mass is 10.0. The minimum atomic E-state index is -0.988. The van der Waals surface area contributed by atoms with E-state index < -0.39 is 5.97 Å². The zero-order chi connectivity index (χ0) is 23.4. The van der Waals surface area contributed by atoms with Crippen LogP contribution in [0.1, 0.15) is 21.7 Å². The lowest BCUT2D eigenvalue weighted by Crippen LogP contribution is -2.32. The Bertz CT molecular complexity index is 1250. The van der Waals surface area contributed by atoms with Gasteiger partial charge >= 0.3 is 5.97 Å². The molecule has 1 aromatic heterocycles. The third-order valence-electron chi connectivity index (χ3n) is 5.12. The van der Waals surface area contributed by atoms with Crippen molar-refractivity contribution in [2.45, 2.75) is 6.92 Å². The maximum Gasteiger partial charge on any atom is 0.335 e. The average Bonchev–Trinajstić information content (AvgIpc) is 3.38. The van der Waals surface area contributed by atoms with Crippen molar-refractivity contribution in [2.75, 3.05) is 20.3 Å². The van der Waals surface area contributed by atoms with Gasteiger partial charge in [0.05, 0.1) is 29.3 Å². The minimum absolute atomic E-state index is 0.172. The molecule has 2 aromatic carbocycles. The van der Waals surface area contributed by atoms with Gasteiger partial charge in [0.2, 0.25) is 0 Å². The lowest BCUT2D eigenvalue weighted by Gasteiger charge is -2.14. The minimum Gasteiger partial charge on any atom is -0.478 e. The Morgan fingerprint density at radius 3 is 2.67 bits per heavy atom. The zero-order valence-corrected chi connectivity index (χ0v) is 19.0. The molecule has 0 unspecified atom stereocenters. The molecule has 1 amide bonds. The Morgan fingerprint density at radius 2 is 1.94 bits per heavy atom. The molecule has 168 valence electrons. The normalized spacial score (nSPS) is 16.2. The molecule has 33 heavy (non-hydrogen) atoms. The van der Waals surface area contributed by atoms with Gasteiger partial charge in [-0.25, -0.2) is 9.79 Å². The van der Waals surface area contributed by atoms with E-state index in [4.69, 9.17) is 9.15 Å². The molecule has 3 aromatic rings. The highest BCUT2D eigenvalue weighted by molar-refractivity contribution is 8.18. The molecule has 0 spiro atoms. The van der Waals surface area contributed by atoms with E-state index in [1.54, 1.807) is 49.3 Å². The van der Waals surface area contributed by atoms with Gasteiger partial charge in [0.1, 0.15) is 11.5 Å². The summed E-state index contributed by atoms with van der Waals surface area (Å²) in [5.41, 5.74) is 2.29. The first-order valence-electron chi connectivity index (χ1n) is 10.2. The molecule has 1 N–H and O–H groups in total. The second-order valence-electron chi connectivity index (χ2n) is 7.28. The summed E-state index contributed by atoms with van der Waals surface area (Å²) in [7, 11) is 1.59.